The fourth-order valence-corrected chi connectivity index (χ4v) is 4.38. The standard InChI is InChI=1S/C17H25N3O4S2/c1-12-5-7-13(8-6-12)26(23,24)19-10-4-9-18-15(21)14-11-25-17(2,3)16(22)20-14/h5-8,14,19H,4,9-11H2,1-3H3,(H,18,21)(H,20,22)/t14-/m1/s1. The number of nitrogens with one attached hydrogen (secondary N) is 3. The highest BCUT2D eigenvalue weighted by Gasteiger charge is 2.37. The lowest BCUT2D eigenvalue weighted by Crippen LogP contribution is -2.57. The van der Waals surface area contributed by atoms with Gasteiger partial charge in [0.05, 0.1) is 9.64 Å². The van der Waals surface area contributed by atoms with Crippen molar-refractivity contribution in [3.05, 3.63) is 29.8 Å². The van der Waals surface area contributed by atoms with Crippen molar-refractivity contribution >= 4 is 33.6 Å². The summed E-state index contributed by atoms with van der Waals surface area (Å²) in [5.74, 6) is 0.118. The molecule has 0 bridgehead atoms. The zero-order valence-corrected chi connectivity index (χ0v) is 16.8. The zero-order chi connectivity index (χ0) is 19.4. The molecule has 7 nitrogen and oxygen atoms in total. The number of hydrogen-bond donors (Lipinski definition) is 3. The summed E-state index contributed by atoms with van der Waals surface area (Å²) < 4.78 is 26.3. The van der Waals surface area contributed by atoms with Gasteiger partial charge in [-0.05, 0) is 39.3 Å². The predicted octanol–water partition coefficient (Wildman–Crippen LogP) is 0.790. The molecule has 0 aromatic heterocycles. The Morgan fingerprint density at radius 3 is 2.54 bits per heavy atom. The Bertz CT molecular complexity index is 761. The molecule has 0 unspecified atom stereocenters. The van der Waals surface area contributed by atoms with Crippen molar-refractivity contribution in [2.24, 2.45) is 0 Å². The van der Waals surface area contributed by atoms with E-state index >= 15 is 0 Å². The minimum absolute atomic E-state index is 0.153. The van der Waals surface area contributed by atoms with Crippen molar-refractivity contribution in [2.45, 2.75) is 42.9 Å². The molecule has 1 aromatic carbocycles. The van der Waals surface area contributed by atoms with Gasteiger partial charge in [-0.1, -0.05) is 17.7 Å². The summed E-state index contributed by atoms with van der Waals surface area (Å²) in [6.45, 7) is 6.08. The molecule has 1 aromatic rings. The van der Waals surface area contributed by atoms with E-state index in [9.17, 15) is 18.0 Å². The third-order valence-corrected chi connectivity index (χ3v) is 6.94. The summed E-state index contributed by atoms with van der Waals surface area (Å²) in [7, 11) is -3.54. The number of benzene rings is 1. The molecule has 2 rings (SSSR count). The van der Waals surface area contributed by atoms with Crippen LogP contribution >= 0.6 is 11.8 Å². The van der Waals surface area contributed by atoms with Crippen molar-refractivity contribution in [3.8, 4) is 0 Å². The molecule has 144 valence electrons. The Kier molecular flexibility index (Phi) is 6.70. The summed E-state index contributed by atoms with van der Waals surface area (Å²) in [6.07, 6.45) is 0.454. The first-order valence-corrected chi connectivity index (χ1v) is 10.9. The van der Waals surface area contributed by atoms with Gasteiger partial charge in [0.2, 0.25) is 21.8 Å². The van der Waals surface area contributed by atoms with Gasteiger partial charge in [-0.25, -0.2) is 13.1 Å². The SMILES string of the molecule is Cc1ccc(S(=O)(=O)NCCCNC(=O)[C@H]2CSC(C)(C)C(=O)N2)cc1. The van der Waals surface area contributed by atoms with Crippen LogP contribution in [0.1, 0.15) is 25.8 Å². The molecule has 0 aliphatic carbocycles. The maximum Gasteiger partial charge on any atom is 0.243 e. The smallest absolute Gasteiger partial charge is 0.243 e. The zero-order valence-electron chi connectivity index (χ0n) is 15.2. The first-order chi connectivity index (χ1) is 12.1. The van der Waals surface area contributed by atoms with Gasteiger partial charge >= 0.3 is 0 Å². The third-order valence-electron chi connectivity index (χ3n) is 4.06. The quantitative estimate of drug-likeness (QED) is 0.588. The Morgan fingerprint density at radius 2 is 1.92 bits per heavy atom. The second-order valence-electron chi connectivity index (χ2n) is 6.70. The number of thioether (sulfide) groups is 1. The van der Waals surface area contributed by atoms with Gasteiger partial charge in [0.1, 0.15) is 6.04 Å². The Hall–Kier alpha value is -1.58. The van der Waals surface area contributed by atoms with Crippen LogP contribution in [0.25, 0.3) is 0 Å². The number of carbonyl (C=O) groups is 2. The molecule has 26 heavy (non-hydrogen) atoms. The van der Waals surface area contributed by atoms with E-state index in [1.54, 1.807) is 24.3 Å². The van der Waals surface area contributed by atoms with Gasteiger partial charge in [0.15, 0.2) is 0 Å². The molecule has 0 radical (unpaired) electrons. The largest absolute Gasteiger partial charge is 0.354 e. The van der Waals surface area contributed by atoms with Gasteiger partial charge in [0, 0.05) is 18.8 Å². The molecular weight excluding hydrogens is 374 g/mol. The molecule has 2 amide bonds. The summed E-state index contributed by atoms with van der Waals surface area (Å²) in [5.41, 5.74) is 0.989. The van der Waals surface area contributed by atoms with Crippen molar-refractivity contribution < 1.29 is 18.0 Å². The molecule has 1 heterocycles. The van der Waals surface area contributed by atoms with E-state index in [0.29, 0.717) is 18.7 Å². The molecule has 1 saturated heterocycles. The number of amides is 2. The minimum atomic E-state index is -3.54. The molecule has 9 heteroatoms. The normalized spacial score (nSPS) is 19.7. The number of hydrogen-bond acceptors (Lipinski definition) is 5. The average Bonchev–Trinajstić information content (AvgIpc) is 2.57. The molecule has 1 aliphatic heterocycles. The molecule has 0 spiro atoms. The van der Waals surface area contributed by atoms with Crippen molar-refractivity contribution in [1.29, 1.82) is 0 Å². The molecule has 1 atom stereocenters. The van der Waals surface area contributed by atoms with E-state index in [2.05, 4.69) is 15.4 Å². The van der Waals surface area contributed by atoms with Gasteiger partial charge in [-0.15, -0.1) is 11.8 Å². The van der Waals surface area contributed by atoms with Crippen LogP contribution in [-0.4, -0.2) is 49.9 Å². The molecule has 1 fully saturated rings. The van der Waals surface area contributed by atoms with E-state index in [1.165, 1.54) is 11.8 Å². The number of aryl methyl sites for hydroxylation is 1. The Balaban J connectivity index is 1.71. The second-order valence-corrected chi connectivity index (χ2v) is 10.1. The molecular formula is C17H25N3O4S2. The summed E-state index contributed by atoms with van der Waals surface area (Å²) in [5, 5.41) is 5.45. The fraction of sp³-hybridized carbons (Fsp3) is 0.529. The average molecular weight is 400 g/mol. The van der Waals surface area contributed by atoms with Crippen LogP contribution in [0.3, 0.4) is 0 Å². The Labute approximate surface area is 158 Å². The van der Waals surface area contributed by atoms with Crippen LogP contribution in [0.4, 0.5) is 0 Å². The topological polar surface area (TPSA) is 104 Å². The van der Waals surface area contributed by atoms with Gasteiger partial charge in [-0.3, -0.25) is 9.59 Å². The monoisotopic (exact) mass is 399 g/mol. The van der Waals surface area contributed by atoms with Crippen molar-refractivity contribution in [3.63, 3.8) is 0 Å². The van der Waals surface area contributed by atoms with Crippen LogP contribution < -0.4 is 15.4 Å². The molecule has 3 N–H and O–H groups in total. The van der Waals surface area contributed by atoms with Crippen LogP contribution in [-0.2, 0) is 19.6 Å². The third kappa shape index (κ3) is 5.46. The van der Waals surface area contributed by atoms with E-state index in [-0.39, 0.29) is 23.3 Å². The minimum Gasteiger partial charge on any atom is -0.354 e. The maximum absolute atomic E-state index is 12.1. The van der Waals surface area contributed by atoms with E-state index in [1.807, 2.05) is 20.8 Å². The van der Waals surface area contributed by atoms with Crippen LogP contribution in [0, 0.1) is 6.92 Å². The lowest BCUT2D eigenvalue weighted by Gasteiger charge is -2.32. The first-order valence-electron chi connectivity index (χ1n) is 8.41. The van der Waals surface area contributed by atoms with Gasteiger partial charge in [-0.2, -0.15) is 0 Å². The molecule has 1 aliphatic rings. The van der Waals surface area contributed by atoms with Gasteiger partial charge in [0.25, 0.3) is 0 Å². The summed E-state index contributed by atoms with van der Waals surface area (Å²) in [4.78, 5) is 24.2. The number of sulfonamides is 1. The van der Waals surface area contributed by atoms with Crippen LogP contribution in [0.2, 0.25) is 0 Å². The van der Waals surface area contributed by atoms with E-state index in [4.69, 9.17) is 0 Å². The van der Waals surface area contributed by atoms with Gasteiger partial charge < -0.3 is 10.6 Å². The second kappa shape index (κ2) is 8.41. The van der Waals surface area contributed by atoms with E-state index < -0.39 is 20.8 Å². The molecule has 0 saturated carbocycles. The lowest BCUT2D eigenvalue weighted by atomic mass is 10.1. The fourth-order valence-electron chi connectivity index (χ4n) is 2.30. The summed E-state index contributed by atoms with van der Waals surface area (Å²) in [6, 6.07) is 6.05. The van der Waals surface area contributed by atoms with Crippen LogP contribution in [0.15, 0.2) is 29.2 Å². The summed E-state index contributed by atoms with van der Waals surface area (Å²) >= 11 is 1.45. The highest BCUT2D eigenvalue weighted by atomic mass is 32.2. The highest BCUT2D eigenvalue weighted by Crippen LogP contribution is 2.28. The number of carbonyl (C=O) groups excluding carboxylic acids is 2. The first kappa shape index (κ1) is 20.7. The predicted molar refractivity (Wildman–Crippen MR) is 102 cm³/mol. The maximum atomic E-state index is 12.1. The van der Waals surface area contributed by atoms with E-state index in [0.717, 1.165) is 5.56 Å². The van der Waals surface area contributed by atoms with Crippen molar-refractivity contribution in [1.82, 2.24) is 15.4 Å². The van der Waals surface area contributed by atoms with Crippen molar-refractivity contribution in [2.75, 3.05) is 18.8 Å². The number of rotatable bonds is 7. The van der Waals surface area contributed by atoms with Crippen LogP contribution in [0.5, 0.6) is 0 Å². The Morgan fingerprint density at radius 1 is 1.27 bits per heavy atom. The highest BCUT2D eigenvalue weighted by molar-refractivity contribution is 8.01. The lowest BCUT2D eigenvalue weighted by molar-refractivity contribution is -0.129.